The van der Waals surface area contributed by atoms with Crippen LogP contribution in [0.1, 0.15) is 12.8 Å². The fourth-order valence-corrected chi connectivity index (χ4v) is 3.18. The zero-order valence-corrected chi connectivity index (χ0v) is 9.81. The van der Waals surface area contributed by atoms with Crippen LogP contribution in [0.3, 0.4) is 0 Å². The number of rotatable bonds is 4. The number of aliphatic hydroxyl groups excluding tert-OH is 1. The van der Waals surface area contributed by atoms with E-state index in [0.29, 0.717) is 5.92 Å². The van der Waals surface area contributed by atoms with Gasteiger partial charge in [0.2, 0.25) is 0 Å². The monoisotopic (exact) mass is 243 g/mol. The molecule has 4 nitrogen and oxygen atoms in total. The molecule has 1 fully saturated rings. The van der Waals surface area contributed by atoms with Gasteiger partial charge >= 0.3 is 5.97 Å². The molecule has 2 rings (SSSR count). The van der Waals surface area contributed by atoms with Crippen LogP contribution in [0, 0.1) is 17.8 Å². The Balaban J connectivity index is 2.15. The summed E-state index contributed by atoms with van der Waals surface area (Å²) in [4.78, 5) is 11.1. The van der Waals surface area contributed by atoms with Crippen LogP contribution >= 0.6 is 12.6 Å². The second-order valence-electron chi connectivity index (χ2n) is 4.89. The van der Waals surface area contributed by atoms with E-state index in [1.54, 1.807) is 0 Å². The summed E-state index contributed by atoms with van der Waals surface area (Å²) in [5, 5.41) is 19.3. The third kappa shape index (κ3) is 1.67. The second kappa shape index (κ2) is 4.05. The van der Waals surface area contributed by atoms with Crippen molar-refractivity contribution >= 4 is 18.6 Å². The molecule has 0 aromatic rings. The zero-order valence-electron chi connectivity index (χ0n) is 8.91. The molecule has 0 aromatic carbocycles. The highest BCUT2D eigenvalue weighted by Crippen LogP contribution is 2.46. The van der Waals surface area contributed by atoms with Crippen LogP contribution < -0.4 is 5.73 Å². The molecule has 2 aliphatic rings. The number of allylic oxidation sites excluding steroid dienone is 2. The van der Waals surface area contributed by atoms with Crippen molar-refractivity contribution in [1.82, 2.24) is 0 Å². The number of nitrogens with two attached hydrogens (primary N) is 1. The highest BCUT2D eigenvalue weighted by atomic mass is 32.1. The Morgan fingerprint density at radius 3 is 2.62 bits per heavy atom. The van der Waals surface area contributed by atoms with Gasteiger partial charge in [0.25, 0.3) is 0 Å². The maximum absolute atomic E-state index is 11.1. The molecule has 3 unspecified atom stereocenters. The van der Waals surface area contributed by atoms with Crippen molar-refractivity contribution in [2.45, 2.75) is 24.5 Å². The van der Waals surface area contributed by atoms with E-state index >= 15 is 0 Å². The largest absolute Gasteiger partial charge is 0.480 e. The van der Waals surface area contributed by atoms with E-state index in [1.807, 2.05) is 0 Å². The van der Waals surface area contributed by atoms with Crippen molar-refractivity contribution in [3.63, 3.8) is 0 Å². The molecule has 5 atom stereocenters. The number of hydrogen-bond acceptors (Lipinski definition) is 4. The van der Waals surface area contributed by atoms with Crippen LogP contribution in [0.2, 0.25) is 0 Å². The molecule has 4 N–H and O–H groups in total. The molecule has 90 valence electrons. The molecule has 0 heterocycles. The topological polar surface area (TPSA) is 83.6 Å². The third-order valence-electron chi connectivity index (χ3n) is 3.92. The Morgan fingerprint density at radius 2 is 2.25 bits per heavy atom. The second-order valence-corrected chi connectivity index (χ2v) is 5.21. The Labute approximate surface area is 99.9 Å². The third-order valence-corrected chi connectivity index (χ3v) is 4.45. The summed E-state index contributed by atoms with van der Waals surface area (Å²) in [5.74, 6) is -0.504. The van der Waals surface area contributed by atoms with Gasteiger partial charge in [0.05, 0.1) is 6.10 Å². The lowest BCUT2D eigenvalue weighted by Crippen LogP contribution is -2.61. The number of fused-ring (bicyclic) bond motifs is 2. The van der Waals surface area contributed by atoms with E-state index in [4.69, 9.17) is 10.8 Å². The molecule has 1 saturated carbocycles. The lowest BCUT2D eigenvalue weighted by molar-refractivity contribution is -0.148. The van der Waals surface area contributed by atoms with Gasteiger partial charge in [-0.3, -0.25) is 4.79 Å². The van der Waals surface area contributed by atoms with Gasteiger partial charge in [-0.05, 0) is 30.6 Å². The van der Waals surface area contributed by atoms with Gasteiger partial charge in [-0.2, -0.15) is 12.6 Å². The summed E-state index contributed by atoms with van der Waals surface area (Å²) in [6.07, 6.45) is 5.05. The van der Waals surface area contributed by atoms with E-state index < -0.39 is 17.6 Å². The predicted molar refractivity (Wildman–Crippen MR) is 63.3 cm³/mol. The van der Waals surface area contributed by atoms with Crippen molar-refractivity contribution < 1.29 is 15.0 Å². The smallest absolute Gasteiger partial charge is 0.327 e. The quantitative estimate of drug-likeness (QED) is 0.422. The molecule has 5 heteroatoms. The van der Waals surface area contributed by atoms with E-state index in [2.05, 4.69) is 24.8 Å². The molecule has 0 aromatic heterocycles. The van der Waals surface area contributed by atoms with Crippen molar-refractivity contribution in [3.05, 3.63) is 12.2 Å². The van der Waals surface area contributed by atoms with Crippen molar-refractivity contribution in [2.75, 3.05) is 5.75 Å². The molecule has 0 aliphatic heterocycles. The number of thiol groups is 1. The highest BCUT2D eigenvalue weighted by molar-refractivity contribution is 7.80. The van der Waals surface area contributed by atoms with Crippen LogP contribution in [-0.2, 0) is 4.79 Å². The van der Waals surface area contributed by atoms with E-state index in [1.165, 1.54) is 0 Å². The maximum atomic E-state index is 11.1. The van der Waals surface area contributed by atoms with Crippen molar-refractivity contribution in [2.24, 2.45) is 23.5 Å². The van der Waals surface area contributed by atoms with Gasteiger partial charge in [-0.1, -0.05) is 12.2 Å². The molecule has 0 saturated heterocycles. The molecule has 16 heavy (non-hydrogen) atoms. The lowest BCUT2D eigenvalue weighted by Gasteiger charge is -2.35. The molecular weight excluding hydrogens is 226 g/mol. The fourth-order valence-electron chi connectivity index (χ4n) is 2.86. The SMILES string of the molecule is N[C@](CS)(C(=O)O)[C@@H](O)C1CC2C=CC1C2. The van der Waals surface area contributed by atoms with E-state index in [9.17, 15) is 9.90 Å². The molecular formula is C11H17NO3S. The van der Waals surface area contributed by atoms with Crippen molar-refractivity contribution in [1.29, 1.82) is 0 Å². The predicted octanol–water partition coefficient (Wildman–Crippen LogP) is 0.271. The summed E-state index contributed by atoms with van der Waals surface area (Å²) in [6.45, 7) is 0. The first-order chi connectivity index (χ1) is 7.49. The summed E-state index contributed by atoms with van der Waals surface area (Å²) in [5.41, 5.74) is 4.11. The molecule has 2 bridgehead atoms. The highest BCUT2D eigenvalue weighted by Gasteiger charge is 2.50. The Kier molecular flexibility index (Phi) is 3.03. The normalized spacial score (nSPS) is 37.3. The number of aliphatic hydroxyl groups is 1. The van der Waals surface area contributed by atoms with Crippen LogP contribution in [-0.4, -0.2) is 33.6 Å². The Hall–Kier alpha value is -0.520. The minimum absolute atomic E-state index is 0.0387. The summed E-state index contributed by atoms with van der Waals surface area (Å²) in [7, 11) is 0. The van der Waals surface area contributed by atoms with Gasteiger partial charge in [0, 0.05) is 5.75 Å². The zero-order chi connectivity index (χ0) is 11.9. The van der Waals surface area contributed by atoms with Gasteiger partial charge in [0.1, 0.15) is 5.54 Å². The van der Waals surface area contributed by atoms with Crippen molar-refractivity contribution in [3.8, 4) is 0 Å². The standard InChI is InChI=1S/C11H17NO3S/c12-11(5-16,10(14)15)9(13)8-4-6-1-2-7(8)3-6/h1-2,6-9,13,16H,3-5,12H2,(H,14,15)/t6?,7?,8?,9-,11-/m0/s1. The number of aliphatic carboxylic acids is 1. The van der Waals surface area contributed by atoms with Gasteiger partial charge in [-0.15, -0.1) is 0 Å². The van der Waals surface area contributed by atoms with Crippen LogP contribution in [0.5, 0.6) is 0 Å². The number of carboxylic acid groups (broad SMARTS) is 1. The Bertz CT molecular complexity index is 333. The first kappa shape index (κ1) is 12.0. The van der Waals surface area contributed by atoms with Crippen LogP contribution in [0.4, 0.5) is 0 Å². The Morgan fingerprint density at radius 1 is 1.56 bits per heavy atom. The van der Waals surface area contributed by atoms with E-state index in [-0.39, 0.29) is 17.6 Å². The average molecular weight is 243 g/mol. The number of carbonyl (C=O) groups is 1. The summed E-state index contributed by atoms with van der Waals surface area (Å²) in [6, 6.07) is 0. The minimum atomic E-state index is -1.63. The summed E-state index contributed by atoms with van der Waals surface area (Å²) >= 11 is 3.96. The van der Waals surface area contributed by atoms with Crippen LogP contribution in [0.15, 0.2) is 12.2 Å². The average Bonchev–Trinajstić information content (AvgIpc) is 2.88. The van der Waals surface area contributed by atoms with Gasteiger partial charge in [0.15, 0.2) is 0 Å². The van der Waals surface area contributed by atoms with E-state index in [0.717, 1.165) is 12.8 Å². The first-order valence-corrected chi connectivity index (χ1v) is 6.12. The number of hydrogen-bond donors (Lipinski definition) is 4. The lowest BCUT2D eigenvalue weighted by atomic mass is 9.79. The number of carboxylic acids is 1. The van der Waals surface area contributed by atoms with Gasteiger partial charge < -0.3 is 15.9 Å². The first-order valence-electron chi connectivity index (χ1n) is 5.48. The fraction of sp³-hybridized carbons (Fsp3) is 0.727. The van der Waals surface area contributed by atoms with Crippen LogP contribution in [0.25, 0.3) is 0 Å². The maximum Gasteiger partial charge on any atom is 0.327 e. The molecule has 0 spiro atoms. The molecule has 0 amide bonds. The molecule has 2 aliphatic carbocycles. The molecule has 0 radical (unpaired) electrons. The minimum Gasteiger partial charge on any atom is -0.480 e. The van der Waals surface area contributed by atoms with Gasteiger partial charge in [-0.25, -0.2) is 0 Å². The summed E-state index contributed by atoms with van der Waals surface area (Å²) < 4.78 is 0.